The maximum absolute atomic E-state index is 13.5. The summed E-state index contributed by atoms with van der Waals surface area (Å²) in [4.78, 5) is 0. The number of nitrogens with one attached hydrogen (secondary N) is 1. The van der Waals surface area contributed by atoms with E-state index in [1.807, 2.05) is 0 Å². The van der Waals surface area contributed by atoms with Crippen LogP contribution in [-0.2, 0) is 6.54 Å². The third-order valence-electron chi connectivity index (χ3n) is 4.32. The standard InChI is InChI=1S/C15H21F2N/c1-3-11-5-7-15(10(11)2)18-9-12-4-6-13(16)8-14(12)17/h4,6,8,10-11,15,18H,3,5,7,9H2,1-2H3. The average Bonchev–Trinajstić information content (AvgIpc) is 2.69. The normalized spacial score (nSPS) is 27.7. The van der Waals surface area contributed by atoms with Gasteiger partial charge < -0.3 is 5.32 Å². The molecule has 2 rings (SSSR count). The van der Waals surface area contributed by atoms with Crippen LogP contribution in [0.4, 0.5) is 8.78 Å². The highest BCUT2D eigenvalue weighted by atomic mass is 19.1. The molecule has 0 aromatic heterocycles. The maximum Gasteiger partial charge on any atom is 0.130 e. The molecule has 3 unspecified atom stereocenters. The van der Waals surface area contributed by atoms with Crippen LogP contribution in [0.2, 0.25) is 0 Å². The summed E-state index contributed by atoms with van der Waals surface area (Å²) in [5.74, 6) is 0.441. The van der Waals surface area contributed by atoms with E-state index < -0.39 is 11.6 Å². The zero-order valence-corrected chi connectivity index (χ0v) is 11.0. The van der Waals surface area contributed by atoms with Gasteiger partial charge in [0.1, 0.15) is 11.6 Å². The molecule has 1 saturated carbocycles. The van der Waals surface area contributed by atoms with E-state index in [0.717, 1.165) is 18.4 Å². The molecule has 0 spiro atoms. The van der Waals surface area contributed by atoms with Gasteiger partial charge in [0.15, 0.2) is 0 Å². The molecule has 0 aliphatic heterocycles. The third kappa shape index (κ3) is 2.89. The Bertz CT molecular complexity index is 405. The number of halogens is 2. The van der Waals surface area contributed by atoms with Gasteiger partial charge in [-0.2, -0.15) is 0 Å². The molecule has 0 amide bonds. The summed E-state index contributed by atoms with van der Waals surface area (Å²) in [6, 6.07) is 4.24. The van der Waals surface area contributed by atoms with E-state index in [4.69, 9.17) is 0 Å². The number of hydrogen-bond acceptors (Lipinski definition) is 1. The Morgan fingerprint density at radius 3 is 2.67 bits per heavy atom. The molecule has 1 aliphatic carbocycles. The smallest absolute Gasteiger partial charge is 0.130 e. The predicted molar refractivity (Wildman–Crippen MR) is 69.2 cm³/mol. The fourth-order valence-corrected chi connectivity index (χ4v) is 3.02. The van der Waals surface area contributed by atoms with E-state index in [1.54, 1.807) is 0 Å². The largest absolute Gasteiger partial charge is 0.310 e. The Morgan fingerprint density at radius 1 is 1.28 bits per heavy atom. The van der Waals surface area contributed by atoms with Crippen molar-refractivity contribution in [3.8, 4) is 0 Å². The van der Waals surface area contributed by atoms with Gasteiger partial charge in [-0.05, 0) is 30.7 Å². The van der Waals surface area contributed by atoms with Gasteiger partial charge in [0.2, 0.25) is 0 Å². The van der Waals surface area contributed by atoms with Crippen molar-refractivity contribution < 1.29 is 8.78 Å². The molecule has 18 heavy (non-hydrogen) atoms. The molecule has 3 heteroatoms. The van der Waals surface area contributed by atoms with Crippen molar-refractivity contribution in [1.82, 2.24) is 5.32 Å². The van der Waals surface area contributed by atoms with E-state index >= 15 is 0 Å². The Morgan fingerprint density at radius 2 is 2.06 bits per heavy atom. The average molecular weight is 253 g/mol. The zero-order chi connectivity index (χ0) is 13.1. The van der Waals surface area contributed by atoms with Crippen LogP contribution in [0.25, 0.3) is 0 Å². The fraction of sp³-hybridized carbons (Fsp3) is 0.600. The quantitative estimate of drug-likeness (QED) is 0.858. The summed E-state index contributed by atoms with van der Waals surface area (Å²) in [5, 5.41) is 3.41. The van der Waals surface area contributed by atoms with Crippen LogP contribution in [-0.4, -0.2) is 6.04 Å². The molecule has 1 aromatic rings. The van der Waals surface area contributed by atoms with Crippen molar-refractivity contribution in [3.05, 3.63) is 35.4 Å². The van der Waals surface area contributed by atoms with E-state index in [2.05, 4.69) is 19.2 Å². The van der Waals surface area contributed by atoms with Gasteiger partial charge >= 0.3 is 0 Å². The van der Waals surface area contributed by atoms with Crippen LogP contribution in [0.15, 0.2) is 18.2 Å². The molecular formula is C15H21F2N. The topological polar surface area (TPSA) is 12.0 Å². The molecule has 0 heterocycles. The van der Waals surface area contributed by atoms with Crippen molar-refractivity contribution in [2.75, 3.05) is 0 Å². The summed E-state index contributed by atoms with van der Waals surface area (Å²) in [6.07, 6.45) is 3.62. The molecule has 3 atom stereocenters. The Hall–Kier alpha value is -0.960. The van der Waals surface area contributed by atoms with Crippen LogP contribution in [0.3, 0.4) is 0 Å². The molecule has 1 aliphatic rings. The first-order chi connectivity index (χ1) is 8.61. The number of rotatable bonds is 4. The molecule has 100 valence electrons. The van der Waals surface area contributed by atoms with Crippen LogP contribution < -0.4 is 5.32 Å². The molecule has 0 saturated heterocycles. The molecule has 0 bridgehead atoms. The summed E-state index contributed by atoms with van der Waals surface area (Å²) < 4.78 is 26.3. The highest BCUT2D eigenvalue weighted by Crippen LogP contribution is 2.34. The van der Waals surface area contributed by atoms with E-state index in [0.29, 0.717) is 24.1 Å². The fourth-order valence-electron chi connectivity index (χ4n) is 3.02. The molecule has 1 N–H and O–H groups in total. The van der Waals surface area contributed by atoms with Crippen LogP contribution in [0, 0.1) is 23.5 Å². The van der Waals surface area contributed by atoms with E-state index in [-0.39, 0.29) is 0 Å². The Kier molecular flexibility index (Phi) is 4.33. The maximum atomic E-state index is 13.5. The minimum atomic E-state index is -0.517. The third-order valence-corrected chi connectivity index (χ3v) is 4.32. The van der Waals surface area contributed by atoms with Crippen molar-refractivity contribution in [3.63, 3.8) is 0 Å². The van der Waals surface area contributed by atoms with Crippen LogP contribution in [0.5, 0.6) is 0 Å². The van der Waals surface area contributed by atoms with Crippen molar-refractivity contribution >= 4 is 0 Å². The lowest BCUT2D eigenvalue weighted by molar-refractivity contribution is 0.343. The van der Waals surface area contributed by atoms with Crippen LogP contribution in [0.1, 0.15) is 38.7 Å². The minimum absolute atomic E-state index is 0.458. The van der Waals surface area contributed by atoms with E-state index in [9.17, 15) is 8.78 Å². The SMILES string of the molecule is CCC1CCC(NCc2ccc(F)cc2F)C1C. The monoisotopic (exact) mass is 253 g/mol. The lowest BCUT2D eigenvalue weighted by Gasteiger charge is -2.21. The lowest BCUT2D eigenvalue weighted by atomic mass is 9.93. The van der Waals surface area contributed by atoms with E-state index in [1.165, 1.54) is 25.0 Å². The summed E-state index contributed by atoms with van der Waals surface area (Å²) in [6.45, 7) is 4.97. The second kappa shape index (κ2) is 5.79. The number of hydrogen-bond donors (Lipinski definition) is 1. The highest BCUT2D eigenvalue weighted by molar-refractivity contribution is 5.18. The molecule has 1 nitrogen and oxygen atoms in total. The van der Waals surface area contributed by atoms with Gasteiger partial charge in [0, 0.05) is 24.2 Å². The molecule has 1 fully saturated rings. The van der Waals surface area contributed by atoms with Crippen molar-refractivity contribution in [2.24, 2.45) is 11.8 Å². The van der Waals surface area contributed by atoms with Crippen molar-refractivity contribution in [1.29, 1.82) is 0 Å². The minimum Gasteiger partial charge on any atom is -0.310 e. The van der Waals surface area contributed by atoms with Crippen LogP contribution >= 0.6 is 0 Å². The predicted octanol–water partition coefficient (Wildman–Crippen LogP) is 3.88. The van der Waals surface area contributed by atoms with Gasteiger partial charge in [-0.1, -0.05) is 26.3 Å². The number of benzene rings is 1. The Balaban J connectivity index is 1.92. The molecular weight excluding hydrogens is 232 g/mol. The zero-order valence-electron chi connectivity index (χ0n) is 11.0. The van der Waals surface area contributed by atoms with Crippen molar-refractivity contribution in [2.45, 2.75) is 45.7 Å². The lowest BCUT2D eigenvalue weighted by Crippen LogP contribution is -2.32. The van der Waals surface area contributed by atoms with Gasteiger partial charge in [-0.3, -0.25) is 0 Å². The molecule has 1 aromatic carbocycles. The summed E-state index contributed by atoms with van der Waals surface area (Å²) >= 11 is 0. The van der Waals surface area contributed by atoms with Gasteiger partial charge in [0.25, 0.3) is 0 Å². The first-order valence-electron chi connectivity index (χ1n) is 6.79. The first kappa shape index (κ1) is 13.5. The first-order valence-corrected chi connectivity index (χ1v) is 6.79. The van der Waals surface area contributed by atoms with Gasteiger partial charge in [-0.25, -0.2) is 8.78 Å². The second-order valence-electron chi connectivity index (χ2n) is 5.33. The summed E-state index contributed by atoms with van der Waals surface area (Å²) in [7, 11) is 0. The molecule has 0 radical (unpaired) electrons. The summed E-state index contributed by atoms with van der Waals surface area (Å²) in [5.41, 5.74) is 0.545. The highest BCUT2D eigenvalue weighted by Gasteiger charge is 2.30. The van der Waals surface area contributed by atoms with Gasteiger partial charge in [-0.15, -0.1) is 0 Å². The second-order valence-corrected chi connectivity index (χ2v) is 5.33. The van der Waals surface area contributed by atoms with Gasteiger partial charge in [0.05, 0.1) is 0 Å². The Labute approximate surface area is 108 Å².